The van der Waals surface area contributed by atoms with Crippen LogP contribution in [0.3, 0.4) is 0 Å². The minimum Gasteiger partial charge on any atom is -0.506 e. The van der Waals surface area contributed by atoms with Gasteiger partial charge in [-0.2, -0.15) is 9.36 Å². The second-order valence-electron chi connectivity index (χ2n) is 4.95. The van der Waals surface area contributed by atoms with Crippen LogP contribution >= 0.6 is 23.2 Å². The van der Waals surface area contributed by atoms with E-state index < -0.39 is 0 Å². The van der Waals surface area contributed by atoms with Gasteiger partial charge in [0, 0.05) is 24.7 Å². The first-order valence-electron chi connectivity index (χ1n) is 6.85. The van der Waals surface area contributed by atoms with Gasteiger partial charge in [0.15, 0.2) is 0 Å². The molecule has 0 radical (unpaired) electrons. The van der Waals surface area contributed by atoms with Gasteiger partial charge in [-0.3, -0.25) is 0 Å². The van der Waals surface area contributed by atoms with Gasteiger partial charge >= 0.3 is 5.69 Å². The Morgan fingerprint density at radius 2 is 1.92 bits per heavy atom. The van der Waals surface area contributed by atoms with Crippen molar-refractivity contribution in [1.82, 2.24) is 19.8 Å². The predicted octanol–water partition coefficient (Wildman–Crippen LogP) is 2.56. The molecule has 1 heterocycles. The number of halogens is 2. The van der Waals surface area contributed by atoms with Gasteiger partial charge < -0.3 is 9.84 Å². The molecule has 0 saturated carbocycles. The zero-order valence-electron chi connectivity index (χ0n) is 12.5. The first kappa shape index (κ1) is 16.4. The van der Waals surface area contributed by atoms with Crippen molar-refractivity contribution in [1.29, 1.82) is 0 Å². The monoisotopic (exact) mass is 366 g/mol. The molecule has 0 aliphatic rings. The molecule has 0 fully saturated rings. The highest BCUT2D eigenvalue weighted by Crippen LogP contribution is 2.35. The lowest BCUT2D eigenvalue weighted by Gasteiger charge is -2.12. The molecule has 7 nitrogen and oxygen atoms in total. The molecule has 3 rings (SSSR count). The van der Waals surface area contributed by atoms with Gasteiger partial charge in [0.25, 0.3) is 0 Å². The van der Waals surface area contributed by atoms with Crippen molar-refractivity contribution in [2.24, 2.45) is 7.05 Å². The molecule has 0 bridgehead atoms. The zero-order valence-corrected chi connectivity index (χ0v) is 14.0. The van der Waals surface area contributed by atoms with Crippen LogP contribution in [0.15, 0.2) is 41.2 Å². The summed E-state index contributed by atoms with van der Waals surface area (Å²) in [6, 6.07) is 9.86. The van der Waals surface area contributed by atoms with Gasteiger partial charge in [0.05, 0.1) is 15.7 Å². The number of phenolic OH excluding ortho intramolecular Hbond substituents is 1. The van der Waals surface area contributed by atoms with Crippen molar-refractivity contribution >= 4 is 23.2 Å². The third-order valence-corrected chi connectivity index (χ3v) is 3.92. The summed E-state index contributed by atoms with van der Waals surface area (Å²) in [6.45, 7) is 0.125. The third kappa shape index (κ3) is 3.08. The fourth-order valence-electron chi connectivity index (χ4n) is 2.09. The topological polar surface area (TPSA) is 82.2 Å². The summed E-state index contributed by atoms with van der Waals surface area (Å²) in [6.07, 6.45) is 0. The van der Waals surface area contributed by atoms with Gasteiger partial charge in [0.1, 0.15) is 18.1 Å². The fraction of sp³-hybridized carbons (Fsp3) is 0.133. The van der Waals surface area contributed by atoms with Crippen LogP contribution < -0.4 is 10.4 Å². The quantitative estimate of drug-likeness (QED) is 0.767. The van der Waals surface area contributed by atoms with Crippen LogP contribution in [-0.4, -0.2) is 24.9 Å². The van der Waals surface area contributed by atoms with Crippen molar-refractivity contribution in [3.63, 3.8) is 0 Å². The van der Waals surface area contributed by atoms with Crippen LogP contribution in [0.25, 0.3) is 5.69 Å². The van der Waals surface area contributed by atoms with Crippen molar-refractivity contribution in [3.8, 4) is 17.2 Å². The summed E-state index contributed by atoms with van der Waals surface area (Å²) in [7, 11) is 1.52. The zero-order chi connectivity index (χ0) is 17.3. The smallest absolute Gasteiger partial charge is 0.368 e. The van der Waals surface area contributed by atoms with Crippen molar-refractivity contribution in [2.45, 2.75) is 6.61 Å². The molecule has 3 aromatic rings. The Balaban J connectivity index is 1.91. The first-order chi connectivity index (χ1) is 11.5. The Morgan fingerprint density at radius 1 is 1.17 bits per heavy atom. The Labute approximate surface area is 146 Å². The van der Waals surface area contributed by atoms with E-state index in [1.807, 2.05) is 6.07 Å². The average Bonchev–Trinajstić information content (AvgIpc) is 2.89. The maximum absolute atomic E-state index is 12.0. The maximum Gasteiger partial charge on any atom is 0.368 e. The van der Waals surface area contributed by atoms with Gasteiger partial charge in [-0.15, -0.1) is 0 Å². The molecule has 24 heavy (non-hydrogen) atoms. The van der Waals surface area contributed by atoms with E-state index in [2.05, 4.69) is 10.4 Å². The van der Waals surface area contributed by atoms with E-state index >= 15 is 0 Å². The highest BCUT2D eigenvalue weighted by atomic mass is 35.5. The van der Waals surface area contributed by atoms with Crippen molar-refractivity contribution < 1.29 is 9.84 Å². The van der Waals surface area contributed by atoms with Crippen LogP contribution in [0.4, 0.5) is 0 Å². The van der Waals surface area contributed by atoms with E-state index in [0.717, 1.165) is 4.68 Å². The number of hydrogen-bond acceptors (Lipinski definition) is 5. The second kappa shape index (κ2) is 6.54. The van der Waals surface area contributed by atoms with Crippen LogP contribution in [0.2, 0.25) is 10.0 Å². The highest BCUT2D eigenvalue weighted by Gasteiger charge is 2.13. The molecule has 0 saturated heterocycles. The number of para-hydroxylation sites is 1. The molecule has 124 valence electrons. The molecule has 2 aromatic carbocycles. The number of hydrogen-bond donors (Lipinski definition) is 1. The second-order valence-corrected chi connectivity index (χ2v) is 5.76. The summed E-state index contributed by atoms with van der Waals surface area (Å²) in [4.78, 5) is 12.0. The molecule has 0 spiro atoms. The molecular formula is C15H12Cl2N4O3. The summed E-state index contributed by atoms with van der Waals surface area (Å²) < 4.78 is 7.99. The van der Waals surface area contributed by atoms with Crippen molar-refractivity contribution in [3.05, 3.63) is 62.5 Å². The standard InChI is InChI=1S/C15H12Cl2N4O3/c1-20-15(23)21(19-18-20)12-5-3-2-4-9(12)8-24-14-7-10(16)13(22)6-11(14)17/h2-7,22H,8H2,1H3. The van der Waals surface area contributed by atoms with Gasteiger partial charge in [-0.25, -0.2) is 4.79 Å². The highest BCUT2D eigenvalue weighted by molar-refractivity contribution is 6.35. The maximum atomic E-state index is 12.0. The summed E-state index contributed by atoms with van der Waals surface area (Å²) in [5.41, 5.74) is 0.894. The lowest BCUT2D eigenvalue weighted by atomic mass is 10.2. The number of aromatic nitrogens is 4. The van der Waals surface area contributed by atoms with E-state index in [0.29, 0.717) is 17.0 Å². The number of aryl methyl sites for hydroxylation is 1. The first-order valence-corrected chi connectivity index (χ1v) is 7.61. The van der Waals surface area contributed by atoms with Crippen molar-refractivity contribution in [2.75, 3.05) is 0 Å². The molecule has 0 amide bonds. The van der Waals surface area contributed by atoms with E-state index in [4.69, 9.17) is 27.9 Å². The largest absolute Gasteiger partial charge is 0.506 e. The molecule has 1 N–H and O–H groups in total. The van der Waals surface area contributed by atoms with Crippen LogP contribution in [0.1, 0.15) is 5.56 Å². The summed E-state index contributed by atoms with van der Waals surface area (Å²) in [5, 5.41) is 17.4. The summed E-state index contributed by atoms with van der Waals surface area (Å²) in [5.74, 6) is 0.196. The Morgan fingerprint density at radius 3 is 2.62 bits per heavy atom. The minimum atomic E-state index is -0.367. The number of nitrogens with zero attached hydrogens (tertiary/aromatic N) is 4. The number of ether oxygens (including phenoxy) is 1. The number of aromatic hydroxyl groups is 1. The number of phenols is 1. The Hall–Kier alpha value is -2.51. The van der Waals surface area contributed by atoms with Crippen LogP contribution in [-0.2, 0) is 13.7 Å². The molecule has 0 aliphatic carbocycles. The van der Waals surface area contributed by atoms with Gasteiger partial charge in [0.2, 0.25) is 0 Å². The number of tetrazole rings is 1. The fourth-order valence-corrected chi connectivity index (χ4v) is 2.45. The van der Waals surface area contributed by atoms with E-state index in [1.54, 1.807) is 18.2 Å². The molecule has 0 aliphatic heterocycles. The Bertz CT molecular complexity index is 952. The molecular weight excluding hydrogens is 355 g/mol. The molecule has 1 aromatic heterocycles. The number of rotatable bonds is 4. The SMILES string of the molecule is Cn1nnn(-c2ccccc2COc2cc(Cl)c(O)cc2Cl)c1=O. The molecule has 0 unspecified atom stereocenters. The van der Waals surface area contributed by atoms with Gasteiger partial charge in [-0.05, 0) is 16.5 Å². The van der Waals surface area contributed by atoms with Crippen LogP contribution in [0.5, 0.6) is 11.5 Å². The molecule has 0 atom stereocenters. The van der Waals surface area contributed by atoms with E-state index in [-0.39, 0.29) is 28.1 Å². The third-order valence-electron chi connectivity index (χ3n) is 3.33. The predicted molar refractivity (Wildman–Crippen MR) is 89.1 cm³/mol. The summed E-state index contributed by atoms with van der Waals surface area (Å²) >= 11 is 11.9. The van der Waals surface area contributed by atoms with Gasteiger partial charge in [-0.1, -0.05) is 41.4 Å². The average molecular weight is 367 g/mol. The molecule has 9 heteroatoms. The van der Waals surface area contributed by atoms with Crippen LogP contribution in [0, 0.1) is 0 Å². The minimum absolute atomic E-state index is 0.125. The Kier molecular flexibility index (Phi) is 4.46. The number of benzene rings is 2. The normalized spacial score (nSPS) is 10.8. The lowest BCUT2D eigenvalue weighted by molar-refractivity contribution is 0.305. The van der Waals surface area contributed by atoms with E-state index in [1.165, 1.54) is 23.9 Å². The lowest BCUT2D eigenvalue weighted by Crippen LogP contribution is -2.23. The van der Waals surface area contributed by atoms with E-state index in [9.17, 15) is 9.90 Å².